The number of carbonyl (C=O) groups excluding carboxylic acids is 1. The number of carbonyl (C=O) groups is 1. The zero-order chi connectivity index (χ0) is 13.0. The minimum atomic E-state index is -0.306. The Morgan fingerprint density at radius 1 is 1.44 bits per heavy atom. The van der Waals surface area contributed by atoms with Crippen molar-refractivity contribution in [3.8, 4) is 0 Å². The first-order valence-electron chi connectivity index (χ1n) is 5.90. The van der Waals surface area contributed by atoms with Gasteiger partial charge in [-0.05, 0) is 37.0 Å². The largest absolute Gasteiger partial charge is 0.462 e. The molecule has 1 aromatic carbocycles. The summed E-state index contributed by atoms with van der Waals surface area (Å²) in [5.41, 5.74) is 0.508. The fourth-order valence-corrected chi connectivity index (χ4v) is 2.70. The molecule has 0 aromatic heterocycles. The molecule has 0 unspecified atom stereocenters. The summed E-state index contributed by atoms with van der Waals surface area (Å²) in [7, 11) is 0. The van der Waals surface area contributed by atoms with Crippen LogP contribution in [0.25, 0.3) is 0 Å². The van der Waals surface area contributed by atoms with Gasteiger partial charge in [0.05, 0.1) is 12.2 Å². The summed E-state index contributed by atoms with van der Waals surface area (Å²) in [6.45, 7) is 1.99. The van der Waals surface area contributed by atoms with Crippen LogP contribution in [-0.2, 0) is 9.47 Å². The quantitative estimate of drug-likeness (QED) is 0.682. The maximum absolute atomic E-state index is 11.9. The maximum atomic E-state index is 11.9. The summed E-state index contributed by atoms with van der Waals surface area (Å²) in [4.78, 5) is 12.5. The molecule has 5 heteroatoms. The number of hydrogen-bond acceptors (Lipinski definition) is 4. The summed E-state index contributed by atoms with van der Waals surface area (Å²) in [6.07, 6.45) is 1.92. The molecular formula is C13H15BrO3S. The molecule has 2 rings (SSSR count). The summed E-state index contributed by atoms with van der Waals surface area (Å²) in [5.74, 6) is 0.112. The molecule has 1 aliphatic rings. The van der Waals surface area contributed by atoms with Gasteiger partial charge >= 0.3 is 5.97 Å². The van der Waals surface area contributed by atoms with Crippen molar-refractivity contribution in [2.45, 2.75) is 17.7 Å². The second kappa shape index (κ2) is 6.59. The molecule has 0 atom stereocenters. The standard InChI is InChI=1S/C13H15BrO3S/c14-10-1-2-11(12(18)7-10)13(15)17-8-9-3-5-16-6-4-9/h1-2,7,9,18H,3-6,8H2. The van der Waals surface area contributed by atoms with Crippen LogP contribution in [0, 0.1) is 5.92 Å². The lowest BCUT2D eigenvalue weighted by Crippen LogP contribution is -2.22. The lowest BCUT2D eigenvalue weighted by atomic mass is 10.0. The van der Waals surface area contributed by atoms with E-state index in [4.69, 9.17) is 9.47 Å². The number of rotatable bonds is 3. The van der Waals surface area contributed by atoms with E-state index in [-0.39, 0.29) is 5.97 Å². The van der Waals surface area contributed by atoms with Gasteiger partial charge in [-0.3, -0.25) is 0 Å². The van der Waals surface area contributed by atoms with Gasteiger partial charge in [0.2, 0.25) is 0 Å². The van der Waals surface area contributed by atoms with E-state index >= 15 is 0 Å². The van der Waals surface area contributed by atoms with E-state index < -0.39 is 0 Å². The van der Waals surface area contributed by atoms with Gasteiger partial charge in [0, 0.05) is 22.6 Å². The van der Waals surface area contributed by atoms with Crippen LogP contribution >= 0.6 is 28.6 Å². The number of thiol groups is 1. The van der Waals surface area contributed by atoms with E-state index in [1.54, 1.807) is 12.1 Å². The molecule has 1 heterocycles. The Hall–Kier alpha value is -0.520. The number of halogens is 1. The third kappa shape index (κ3) is 3.73. The highest BCUT2D eigenvalue weighted by Gasteiger charge is 2.17. The zero-order valence-corrected chi connectivity index (χ0v) is 12.4. The van der Waals surface area contributed by atoms with Crippen molar-refractivity contribution in [1.29, 1.82) is 0 Å². The van der Waals surface area contributed by atoms with Crippen LogP contribution in [0.2, 0.25) is 0 Å². The van der Waals surface area contributed by atoms with Gasteiger partial charge in [-0.15, -0.1) is 12.6 Å². The molecular weight excluding hydrogens is 316 g/mol. The number of ether oxygens (including phenoxy) is 2. The Morgan fingerprint density at radius 2 is 2.17 bits per heavy atom. The molecule has 18 heavy (non-hydrogen) atoms. The molecule has 1 aromatic rings. The lowest BCUT2D eigenvalue weighted by molar-refractivity contribution is 0.0183. The van der Waals surface area contributed by atoms with Crippen molar-refractivity contribution in [3.05, 3.63) is 28.2 Å². The Labute approximate surface area is 120 Å². The van der Waals surface area contributed by atoms with E-state index in [1.165, 1.54) is 0 Å². The molecule has 0 saturated carbocycles. The Bertz CT molecular complexity index is 430. The maximum Gasteiger partial charge on any atom is 0.339 e. The van der Waals surface area contributed by atoms with Crippen LogP contribution in [0.3, 0.4) is 0 Å². The molecule has 1 aliphatic heterocycles. The van der Waals surface area contributed by atoms with Crippen molar-refractivity contribution in [2.24, 2.45) is 5.92 Å². The van der Waals surface area contributed by atoms with Crippen LogP contribution in [-0.4, -0.2) is 25.8 Å². The fourth-order valence-electron chi connectivity index (χ4n) is 1.86. The third-order valence-electron chi connectivity index (χ3n) is 2.97. The lowest BCUT2D eigenvalue weighted by Gasteiger charge is -2.21. The second-order valence-corrected chi connectivity index (χ2v) is 5.71. The van der Waals surface area contributed by atoms with Crippen molar-refractivity contribution in [2.75, 3.05) is 19.8 Å². The molecule has 1 fully saturated rings. The molecule has 1 saturated heterocycles. The van der Waals surface area contributed by atoms with Crippen LogP contribution < -0.4 is 0 Å². The van der Waals surface area contributed by atoms with Gasteiger partial charge in [0.15, 0.2) is 0 Å². The first kappa shape index (κ1) is 13.9. The topological polar surface area (TPSA) is 35.5 Å². The number of hydrogen-bond donors (Lipinski definition) is 1. The van der Waals surface area contributed by atoms with E-state index in [9.17, 15) is 4.79 Å². The molecule has 0 aliphatic carbocycles. The predicted molar refractivity (Wildman–Crippen MR) is 75.2 cm³/mol. The van der Waals surface area contributed by atoms with Crippen molar-refractivity contribution >= 4 is 34.5 Å². The van der Waals surface area contributed by atoms with E-state index in [0.717, 1.165) is 30.5 Å². The number of benzene rings is 1. The van der Waals surface area contributed by atoms with Crippen molar-refractivity contribution in [3.63, 3.8) is 0 Å². The molecule has 0 bridgehead atoms. The Balaban J connectivity index is 1.90. The van der Waals surface area contributed by atoms with E-state index in [0.29, 0.717) is 23.0 Å². The smallest absolute Gasteiger partial charge is 0.339 e. The minimum Gasteiger partial charge on any atom is -0.462 e. The van der Waals surface area contributed by atoms with Gasteiger partial charge in [0.25, 0.3) is 0 Å². The van der Waals surface area contributed by atoms with Gasteiger partial charge in [-0.1, -0.05) is 15.9 Å². The predicted octanol–water partition coefficient (Wildman–Crippen LogP) is 3.32. The van der Waals surface area contributed by atoms with Gasteiger partial charge < -0.3 is 9.47 Å². The van der Waals surface area contributed by atoms with Crippen LogP contribution in [0.5, 0.6) is 0 Å². The first-order chi connectivity index (χ1) is 8.66. The summed E-state index contributed by atoms with van der Waals surface area (Å²) in [5, 5.41) is 0. The first-order valence-corrected chi connectivity index (χ1v) is 7.14. The highest BCUT2D eigenvalue weighted by Crippen LogP contribution is 2.21. The van der Waals surface area contributed by atoms with E-state index in [2.05, 4.69) is 28.6 Å². The SMILES string of the molecule is O=C(OCC1CCOCC1)c1ccc(Br)cc1S. The van der Waals surface area contributed by atoms with Crippen molar-refractivity contribution in [1.82, 2.24) is 0 Å². The molecule has 0 amide bonds. The highest BCUT2D eigenvalue weighted by atomic mass is 79.9. The van der Waals surface area contributed by atoms with Crippen LogP contribution in [0.4, 0.5) is 0 Å². The third-order valence-corrected chi connectivity index (χ3v) is 3.83. The Morgan fingerprint density at radius 3 is 2.83 bits per heavy atom. The normalized spacial score (nSPS) is 16.6. The van der Waals surface area contributed by atoms with Gasteiger partial charge in [0.1, 0.15) is 0 Å². The summed E-state index contributed by atoms with van der Waals surface area (Å²) in [6, 6.07) is 5.32. The number of esters is 1. The molecule has 0 N–H and O–H groups in total. The summed E-state index contributed by atoms with van der Waals surface area (Å²) < 4.78 is 11.5. The average Bonchev–Trinajstić information content (AvgIpc) is 2.37. The molecule has 0 radical (unpaired) electrons. The van der Waals surface area contributed by atoms with E-state index in [1.807, 2.05) is 6.07 Å². The van der Waals surface area contributed by atoms with Gasteiger partial charge in [-0.25, -0.2) is 4.79 Å². The molecule has 98 valence electrons. The summed E-state index contributed by atoms with van der Waals surface area (Å²) >= 11 is 7.61. The van der Waals surface area contributed by atoms with Crippen LogP contribution in [0.1, 0.15) is 23.2 Å². The highest BCUT2D eigenvalue weighted by molar-refractivity contribution is 9.10. The second-order valence-electron chi connectivity index (χ2n) is 4.32. The minimum absolute atomic E-state index is 0.306. The fraction of sp³-hybridized carbons (Fsp3) is 0.462. The molecule has 0 spiro atoms. The monoisotopic (exact) mass is 330 g/mol. The zero-order valence-electron chi connectivity index (χ0n) is 9.89. The van der Waals surface area contributed by atoms with Crippen LogP contribution in [0.15, 0.2) is 27.6 Å². The van der Waals surface area contributed by atoms with Gasteiger partial charge in [-0.2, -0.15) is 0 Å². The Kier molecular flexibility index (Phi) is 5.09. The van der Waals surface area contributed by atoms with Crippen molar-refractivity contribution < 1.29 is 14.3 Å². The average molecular weight is 331 g/mol. The molecule has 3 nitrogen and oxygen atoms in total.